The first kappa shape index (κ1) is 15.0. The van der Waals surface area contributed by atoms with Gasteiger partial charge in [-0.3, -0.25) is 0 Å². The van der Waals surface area contributed by atoms with Crippen molar-refractivity contribution in [2.75, 3.05) is 0 Å². The summed E-state index contributed by atoms with van der Waals surface area (Å²) in [5.74, 6) is -1.59. The normalized spacial score (nSPS) is 12.3. The van der Waals surface area contributed by atoms with E-state index in [-0.39, 0.29) is 5.38 Å². The van der Waals surface area contributed by atoms with Gasteiger partial charge in [-0.15, -0.1) is 11.6 Å². The van der Waals surface area contributed by atoms with Crippen LogP contribution in [-0.4, -0.2) is 5.38 Å². The lowest BCUT2D eigenvalue weighted by molar-refractivity contribution is 0.496. The van der Waals surface area contributed by atoms with E-state index in [0.29, 0.717) is 12.0 Å². The third-order valence-electron chi connectivity index (χ3n) is 3.30. The van der Waals surface area contributed by atoms with Crippen molar-refractivity contribution in [3.8, 4) is 0 Å². The highest BCUT2D eigenvalue weighted by Crippen LogP contribution is 2.19. The second kappa shape index (κ2) is 7.39. The van der Waals surface area contributed by atoms with Crippen molar-refractivity contribution >= 4 is 11.6 Å². The second-order valence-corrected chi connectivity index (χ2v) is 5.51. The van der Waals surface area contributed by atoms with E-state index in [2.05, 4.69) is 12.1 Å². The molecule has 0 N–H and O–H groups in total. The Morgan fingerprint density at radius 1 is 0.950 bits per heavy atom. The SMILES string of the molecule is Fc1cccc(CC(Cl)CCCc2ccccc2)c1F. The molecule has 0 bridgehead atoms. The minimum absolute atomic E-state index is 0.171. The van der Waals surface area contributed by atoms with Gasteiger partial charge in [0, 0.05) is 5.38 Å². The molecule has 0 fully saturated rings. The van der Waals surface area contributed by atoms with Crippen LogP contribution < -0.4 is 0 Å². The number of aryl methyl sites for hydroxylation is 1. The first-order valence-corrected chi connectivity index (χ1v) is 7.21. The zero-order chi connectivity index (χ0) is 14.4. The van der Waals surface area contributed by atoms with Crippen LogP contribution in [0.3, 0.4) is 0 Å². The summed E-state index contributed by atoms with van der Waals surface area (Å²) in [5, 5.41) is -0.171. The monoisotopic (exact) mass is 294 g/mol. The Bertz CT molecular complexity index is 540. The summed E-state index contributed by atoms with van der Waals surface area (Å²) in [4.78, 5) is 0. The Kier molecular flexibility index (Phi) is 5.54. The van der Waals surface area contributed by atoms with Gasteiger partial charge < -0.3 is 0 Å². The average Bonchev–Trinajstić information content (AvgIpc) is 2.45. The van der Waals surface area contributed by atoms with E-state index < -0.39 is 11.6 Å². The third kappa shape index (κ3) is 4.31. The fraction of sp³-hybridized carbons (Fsp3) is 0.294. The van der Waals surface area contributed by atoms with E-state index in [1.54, 1.807) is 6.07 Å². The molecule has 0 aliphatic rings. The number of hydrogen-bond donors (Lipinski definition) is 0. The zero-order valence-corrected chi connectivity index (χ0v) is 11.9. The molecule has 0 aromatic heterocycles. The van der Waals surface area contributed by atoms with Crippen molar-refractivity contribution in [2.45, 2.75) is 31.1 Å². The lowest BCUT2D eigenvalue weighted by atomic mass is 10.0. The van der Waals surface area contributed by atoms with Gasteiger partial charge in [-0.1, -0.05) is 42.5 Å². The standard InChI is InChI=1S/C17H17ClF2/c18-15(10-4-8-13-6-2-1-3-7-13)12-14-9-5-11-16(19)17(14)20/h1-3,5-7,9,11,15H,4,8,10,12H2. The maximum atomic E-state index is 13.5. The molecule has 0 amide bonds. The molecule has 2 rings (SSSR count). The fourth-order valence-electron chi connectivity index (χ4n) is 2.22. The van der Waals surface area contributed by atoms with Crippen LogP contribution in [0.25, 0.3) is 0 Å². The average molecular weight is 295 g/mol. The van der Waals surface area contributed by atoms with Crippen LogP contribution in [0.1, 0.15) is 24.0 Å². The molecule has 1 atom stereocenters. The minimum Gasteiger partial charge on any atom is -0.204 e. The summed E-state index contributed by atoms with van der Waals surface area (Å²) in [6, 6.07) is 14.4. The first-order valence-electron chi connectivity index (χ1n) is 6.77. The maximum absolute atomic E-state index is 13.5. The molecule has 0 nitrogen and oxygen atoms in total. The largest absolute Gasteiger partial charge is 0.204 e. The van der Waals surface area contributed by atoms with Gasteiger partial charge in [0.05, 0.1) is 0 Å². The molecule has 106 valence electrons. The summed E-state index contributed by atoms with van der Waals surface area (Å²) < 4.78 is 26.6. The Morgan fingerprint density at radius 2 is 1.70 bits per heavy atom. The summed E-state index contributed by atoms with van der Waals surface area (Å²) in [5.41, 5.74) is 1.62. The van der Waals surface area contributed by atoms with Crippen molar-refractivity contribution in [3.63, 3.8) is 0 Å². The molecule has 1 unspecified atom stereocenters. The predicted octanol–water partition coefficient (Wildman–Crippen LogP) is 5.14. The van der Waals surface area contributed by atoms with Crippen LogP contribution in [0.15, 0.2) is 48.5 Å². The van der Waals surface area contributed by atoms with Gasteiger partial charge in [-0.25, -0.2) is 8.78 Å². The molecule has 0 aliphatic heterocycles. The highest BCUT2D eigenvalue weighted by atomic mass is 35.5. The predicted molar refractivity (Wildman–Crippen MR) is 79.1 cm³/mol. The molecule has 2 aromatic rings. The molecule has 0 radical (unpaired) electrons. The van der Waals surface area contributed by atoms with Crippen molar-refractivity contribution in [2.24, 2.45) is 0 Å². The molecule has 20 heavy (non-hydrogen) atoms. The molecule has 3 heteroatoms. The highest BCUT2D eigenvalue weighted by Gasteiger charge is 2.12. The van der Waals surface area contributed by atoms with Crippen LogP contribution in [-0.2, 0) is 12.8 Å². The smallest absolute Gasteiger partial charge is 0.162 e. The van der Waals surface area contributed by atoms with Crippen LogP contribution in [0.2, 0.25) is 0 Å². The summed E-state index contributed by atoms with van der Waals surface area (Å²) in [6.07, 6.45) is 3.04. The molecule has 0 saturated carbocycles. The van der Waals surface area contributed by atoms with Crippen LogP contribution in [0, 0.1) is 11.6 Å². The summed E-state index contributed by atoms with van der Waals surface area (Å²) in [7, 11) is 0. The van der Waals surface area contributed by atoms with E-state index in [0.717, 1.165) is 25.3 Å². The minimum atomic E-state index is -0.810. The molecular weight excluding hydrogens is 278 g/mol. The van der Waals surface area contributed by atoms with Gasteiger partial charge in [0.25, 0.3) is 0 Å². The maximum Gasteiger partial charge on any atom is 0.162 e. The van der Waals surface area contributed by atoms with Crippen LogP contribution >= 0.6 is 11.6 Å². The van der Waals surface area contributed by atoms with Crippen LogP contribution in [0.4, 0.5) is 8.78 Å². The Hall–Kier alpha value is -1.41. The van der Waals surface area contributed by atoms with Crippen molar-refractivity contribution in [1.29, 1.82) is 0 Å². The summed E-state index contributed by atoms with van der Waals surface area (Å²) >= 11 is 6.22. The Labute approximate surface area is 123 Å². The molecule has 0 spiro atoms. The number of alkyl halides is 1. The quantitative estimate of drug-likeness (QED) is 0.647. The lowest BCUT2D eigenvalue weighted by Gasteiger charge is -2.10. The summed E-state index contributed by atoms with van der Waals surface area (Å²) in [6.45, 7) is 0. The first-order chi connectivity index (χ1) is 9.66. The van der Waals surface area contributed by atoms with Gasteiger partial charge in [0.2, 0.25) is 0 Å². The van der Waals surface area contributed by atoms with Gasteiger partial charge in [-0.2, -0.15) is 0 Å². The van der Waals surface area contributed by atoms with Crippen molar-refractivity contribution in [1.82, 2.24) is 0 Å². The molecule has 2 aromatic carbocycles. The van der Waals surface area contributed by atoms with E-state index in [1.165, 1.54) is 11.6 Å². The van der Waals surface area contributed by atoms with Gasteiger partial charge >= 0.3 is 0 Å². The van der Waals surface area contributed by atoms with Crippen molar-refractivity contribution in [3.05, 3.63) is 71.3 Å². The van der Waals surface area contributed by atoms with Gasteiger partial charge in [0.1, 0.15) is 0 Å². The number of halogens is 3. The Morgan fingerprint density at radius 3 is 2.45 bits per heavy atom. The van der Waals surface area contributed by atoms with Crippen LogP contribution in [0.5, 0.6) is 0 Å². The van der Waals surface area contributed by atoms with E-state index in [9.17, 15) is 8.78 Å². The number of hydrogen-bond acceptors (Lipinski definition) is 0. The van der Waals surface area contributed by atoms with E-state index >= 15 is 0 Å². The molecule has 0 saturated heterocycles. The molecule has 0 heterocycles. The van der Waals surface area contributed by atoms with Crippen molar-refractivity contribution < 1.29 is 8.78 Å². The van der Waals surface area contributed by atoms with Gasteiger partial charge in [0.15, 0.2) is 11.6 Å². The number of rotatable bonds is 6. The van der Waals surface area contributed by atoms with Gasteiger partial charge in [-0.05, 0) is 42.9 Å². The fourth-order valence-corrected chi connectivity index (χ4v) is 2.54. The number of benzene rings is 2. The molecular formula is C17H17ClF2. The zero-order valence-electron chi connectivity index (χ0n) is 11.2. The topological polar surface area (TPSA) is 0 Å². The molecule has 0 aliphatic carbocycles. The highest BCUT2D eigenvalue weighted by molar-refractivity contribution is 6.20. The second-order valence-electron chi connectivity index (χ2n) is 4.89. The van der Waals surface area contributed by atoms with E-state index in [4.69, 9.17) is 11.6 Å². The Balaban J connectivity index is 1.81. The lowest BCUT2D eigenvalue weighted by Crippen LogP contribution is -2.06. The third-order valence-corrected chi connectivity index (χ3v) is 3.67. The van der Waals surface area contributed by atoms with E-state index in [1.807, 2.05) is 18.2 Å².